The van der Waals surface area contributed by atoms with Gasteiger partial charge in [0.15, 0.2) is 0 Å². The minimum Gasteiger partial charge on any atom is -0.328 e. The number of fused-ring (bicyclic) bond motifs is 1. The van der Waals surface area contributed by atoms with E-state index in [1.165, 1.54) is 0 Å². The van der Waals surface area contributed by atoms with Gasteiger partial charge < -0.3 is 4.55 Å². The van der Waals surface area contributed by atoms with Crippen LogP contribution in [0.4, 0.5) is 0 Å². The molecule has 0 aromatic heterocycles. The number of benzene rings is 1. The molecule has 1 aliphatic heterocycles. The van der Waals surface area contributed by atoms with Crippen molar-refractivity contribution in [3.63, 3.8) is 0 Å². The summed E-state index contributed by atoms with van der Waals surface area (Å²) in [6.07, 6.45) is 7.71. The zero-order valence-corrected chi connectivity index (χ0v) is 11.1. The van der Waals surface area contributed by atoms with Gasteiger partial charge in [-0.05, 0) is 40.9 Å². The van der Waals surface area contributed by atoms with Crippen molar-refractivity contribution in [1.82, 2.24) is 4.72 Å². The number of nitrogens with zero attached hydrogens (tertiary/aromatic N) is 1. The minimum atomic E-state index is -2.23. The van der Waals surface area contributed by atoms with Gasteiger partial charge in [-0.15, -0.1) is 0 Å². The average Bonchev–Trinajstić information content (AvgIpc) is 2.39. The maximum absolute atomic E-state index is 11.0. The fourth-order valence-electron chi connectivity index (χ4n) is 2.07. The predicted octanol–water partition coefficient (Wildman–Crippen LogP) is 3.06. The summed E-state index contributed by atoms with van der Waals surface area (Å²) in [4.78, 5) is 5.15. The first kappa shape index (κ1) is 11.6. The molecule has 0 amide bonds. The van der Waals surface area contributed by atoms with Crippen molar-refractivity contribution in [1.29, 1.82) is 0 Å². The molecule has 2 atom stereocenters. The summed E-state index contributed by atoms with van der Waals surface area (Å²) < 4.78 is 14.0. The SMILES string of the molecule is OS1(c2ccccc2)NC(=S)N=C2C=CC=CC21. The van der Waals surface area contributed by atoms with E-state index in [9.17, 15) is 4.55 Å². The van der Waals surface area contributed by atoms with Crippen LogP contribution in [-0.2, 0) is 0 Å². The smallest absolute Gasteiger partial charge is 0.203 e. The van der Waals surface area contributed by atoms with Gasteiger partial charge >= 0.3 is 0 Å². The molecule has 3 nitrogen and oxygen atoms in total. The lowest BCUT2D eigenvalue weighted by atomic mass is 10.1. The van der Waals surface area contributed by atoms with Gasteiger partial charge in [0.25, 0.3) is 0 Å². The van der Waals surface area contributed by atoms with Gasteiger partial charge in [0.2, 0.25) is 5.11 Å². The van der Waals surface area contributed by atoms with Crippen molar-refractivity contribution in [3.8, 4) is 0 Å². The summed E-state index contributed by atoms with van der Waals surface area (Å²) in [6, 6.07) is 9.59. The van der Waals surface area contributed by atoms with E-state index in [1.54, 1.807) is 0 Å². The summed E-state index contributed by atoms with van der Waals surface area (Å²) in [7, 11) is -2.23. The zero-order chi connectivity index (χ0) is 12.6. The molecule has 2 unspecified atom stereocenters. The largest absolute Gasteiger partial charge is 0.328 e. The zero-order valence-electron chi connectivity index (χ0n) is 9.48. The van der Waals surface area contributed by atoms with E-state index in [-0.39, 0.29) is 5.25 Å². The topological polar surface area (TPSA) is 44.6 Å². The standard InChI is InChI=1S/C13H12N2OS2/c16-18(10-6-2-1-3-7-10)12-9-5-4-8-11(12)14-13(17)15-18/h1-9,12,16H,(H,15,17). The molecule has 0 radical (unpaired) electrons. The summed E-state index contributed by atoms with van der Waals surface area (Å²) in [5.74, 6) is 0. The highest BCUT2D eigenvalue weighted by Crippen LogP contribution is 2.55. The summed E-state index contributed by atoms with van der Waals surface area (Å²) in [5, 5.41) is 0.208. The number of hydrogen-bond donors (Lipinski definition) is 2. The van der Waals surface area contributed by atoms with E-state index in [2.05, 4.69) is 9.71 Å². The molecule has 1 heterocycles. The molecule has 5 heteroatoms. The maximum atomic E-state index is 11.0. The molecule has 92 valence electrons. The van der Waals surface area contributed by atoms with Crippen molar-refractivity contribution < 1.29 is 4.55 Å². The molecule has 1 aromatic carbocycles. The van der Waals surface area contributed by atoms with E-state index in [0.717, 1.165) is 10.6 Å². The van der Waals surface area contributed by atoms with Crippen LogP contribution in [0, 0.1) is 0 Å². The third-order valence-electron chi connectivity index (χ3n) is 2.90. The Kier molecular flexibility index (Phi) is 2.81. The molecular formula is C13H12N2OS2. The lowest BCUT2D eigenvalue weighted by molar-refractivity contribution is 0.617. The highest BCUT2D eigenvalue weighted by atomic mass is 32.3. The molecule has 0 spiro atoms. The van der Waals surface area contributed by atoms with Crippen molar-refractivity contribution in [2.24, 2.45) is 4.99 Å². The van der Waals surface area contributed by atoms with Crippen LogP contribution < -0.4 is 4.72 Å². The van der Waals surface area contributed by atoms with Crippen LogP contribution in [0.1, 0.15) is 0 Å². The van der Waals surface area contributed by atoms with Crippen LogP contribution in [0.25, 0.3) is 0 Å². The van der Waals surface area contributed by atoms with Crippen LogP contribution in [-0.4, -0.2) is 20.6 Å². The quantitative estimate of drug-likeness (QED) is 0.775. The second-order valence-electron chi connectivity index (χ2n) is 4.05. The molecular weight excluding hydrogens is 264 g/mol. The van der Waals surface area contributed by atoms with Gasteiger partial charge in [-0.2, -0.15) is 0 Å². The highest BCUT2D eigenvalue weighted by molar-refractivity contribution is 8.29. The molecule has 0 saturated carbocycles. The van der Waals surface area contributed by atoms with E-state index >= 15 is 0 Å². The number of nitrogens with one attached hydrogen (secondary N) is 1. The van der Waals surface area contributed by atoms with Gasteiger partial charge in [-0.1, -0.05) is 36.4 Å². The normalized spacial score (nSPS) is 33.1. The van der Waals surface area contributed by atoms with Gasteiger partial charge in [-0.3, -0.25) is 4.72 Å². The number of allylic oxidation sites excluding steroid dienone is 3. The van der Waals surface area contributed by atoms with Crippen LogP contribution in [0.3, 0.4) is 0 Å². The van der Waals surface area contributed by atoms with Crippen molar-refractivity contribution in [3.05, 3.63) is 54.6 Å². The lowest BCUT2D eigenvalue weighted by Crippen LogP contribution is -2.42. The summed E-state index contributed by atoms with van der Waals surface area (Å²) >= 11 is 5.13. The Labute approximate surface area is 113 Å². The molecule has 0 bridgehead atoms. The average molecular weight is 276 g/mol. The Morgan fingerprint density at radius 3 is 2.78 bits per heavy atom. The molecule has 18 heavy (non-hydrogen) atoms. The molecule has 0 saturated heterocycles. The second-order valence-corrected chi connectivity index (χ2v) is 6.87. The first-order chi connectivity index (χ1) is 8.70. The van der Waals surface area contributed by atoms with E-state index in [1.807, 2.05) is 54.6 Å². The molecule has 0 fully saturated rings. The first-order valence-corrected chi connectivity index (χ1v) is 7.61. The van der Waals surface area contributed by atoms with Crippen LogP contribution in [0.15, 0.2) is 64.5 Å². The van der Waals surface area contributed by atoms with Crippen molar-refractivity contribution in [2.75, 3.05) is 0 Å². The van der Waals surface area contributed by atoms with Crippen LogP contribution in [0.2, 0.25) is 0 Å². The van der Waals surface area contributed by atoms with Gasteiger partial charge in [0.05, 0.1) is 11.0 Å². The minimum absolute atomic E-state index is 0.142. The van der Waals surface area contributed by atoms with E-state index in [0.29, 0.717) is 5.11 Å². The van der Waals surface area contributed by atoms with Crippen molar-refractivity contribution in [2.45, 2.75) is 10.1 Å². The Bertz CT molecular complexity index is 580. The fraction of sp³-hybridized carbons (Fsp3) is 0.0769. The molecule has 1 aliphatic carbocycles. The Hall–Kier alpha value is -1.43. The van der Waals surface area contributed by atoms with Crippen LogP contribution in [0.5, 0.6) is 0 Å². The molecule has 2 aliphatic rings. The number of hydrogen-bond acceptors (Lipinski definition) is 2. The lowest BCUT2D eigenvalue weighted by Gasteiger charge is -2.44. The Morgan fingerprint density at radius 2 is 2.00 bits per heavy atom. The first-order valence-electron chi connectivity index (χ1n) is 5.55. The van der Waals surface area contributed by atoms with Crippen molar-refractivity contribution >= 4 is 33.5 Å². The monoisotopic (exact) mass is 276 g/mol. The Morgan fingerprint density at radius 1 is 1.22 bits per heavy atom. The predicted molar refractivity (Wildman–Crippen MR) is 80.2 cm³/mol. The molecule has 1 aromatic rings. The van der Waals surface area contributed by atoms with E-state index < -0.39 is 10.5 Å². The maximum Gasteiger partial charge on any atom is 0.203 e. The van der Waals surface area contributed by atoms with Gasteiger partial charge in [0.1, 0.15) is 0 Å². The Balaban J connectivity index is 2.12. The molecule has 2 N–H and O–H groups in total. The second kappa shape index (κ2) is 4.35. The number of aliphatic imine (C=N–C) groups is 1. The molecule has 3 rings (SSSR count). The summed E-state index contributed by atoms with van der Waals surface area (Å²) in [5.41, 5.74) is 0.822. The highest BCUT2D eigenvalue weighted by Gasteiger charge is 2.38. The summed E-state index contributed by atoms with van der Waals surface area (Å²) in [6.45, 7) is 0. The van der Waals surface area contributed by atoms with Gasteiger partial charge in [-0.25, -0.2) is 4.99 Å². The third-order valence-corrected chi connectivity index (χ3v) is 5.85. The number of thiocarbonyl (C=S) groups is 1. The number of rotatable bonds is 1. The van der Waals surface area contributed by atoms with E-state index in [4.69, 9.17) is 12.2 Å². The fourth-order valence-corrected chi connectivity index (χ4v) is 4.78. The van der Waals surface area contributed by atoms with Gasteiger partial charge in [0, 0.05) is 4.90 Å². The third kappa shape index (κ3) is 1.80. The van der Waals surface area contributed by atoms with Crippen LogP contribution >= 0.6 is 22.7 Å².